The van der Waals surface area contributed by atoms with Crippen LogP contribution in [0.1, 0.15) is 27.2 Å². The highest BCUT2D eigenvalue weighted by Crippen LogP contribution is 2.22. The summed E-state index contributed by atoms with van der Waals surface area (Å²) in [6, 6.07) is 17.8. The van der Waals surface area contributed by atoms with Gasteiger partial charge in [-0.05, 0) is 43.5 Å². The second-order valence-corrected chi connectivity index (χ2v) is 5.31. The molecule has 0 spiro atoms. The molecule has 22 heavy (non-hydrogen) atoms. The number of carbonyl (C=O) groups is 1. The zero-order valence-corrected chi connectivity index (χ0v) is 13.3. The van der Waals surface area contributed by atoms with Crippen LogP contribution in [0.15, 0.2) is 54.6 Å². The van der Waals surface area contributed by atoms with Crippen LogP contribution in [0.3, 0.4) is 0 Å². The van der Waals surface area contributed by atoms with E-state index >= 15 is 0 Å². The van der Waals surface area contributed by atoms with Crippen molar-refractivity contribution in [1.82, 2.24) is 0 Å². The van der Waals surface area contributed by atoms with Gasteiger partial charge in [0.15, 0.2) is 6.10 Å². The van der Waals surface area contributed by atoms with Crippen LogP contribution in [0.4, 0.5) is 0 Å². The number of ether oxygens (including phenoxy) is 2. The van der Waals surface area contributed by atoms with Crippen LogP contribution in [-0.4, -0.2) is 18.2 Å². The van der Waals surface area contributed by atoms with Crippen LogP contribution in [0.2, 0.25) is 0 Å². The maximum absolute atomic E-state index is 11.9. The Morgan fingerprint density at radius 2 is 1.55 bits per heavy atom. The average Bonchev–Trinajstić information content (AvgIpc) is 2.56. The van der Waals surface area contributed by atoms with Crippen LogP contribution in [0.25, 0.3) is 11.1 Å². The third kappa shape index (κ3) is 4.35. The third-order valence-corrected chi connectivity index (χ3v) is 3.50. The molecule has 0 aliphatic rings. The first kappa shape index (κ1) is 16.1. The Morgan fingerprint density at radius 1 is 0.955 bits per heavy atom. The van der Waals surface area contributed by atoms with Gasteiger partial charge in [-0.15, -0.1) is 0 Å². The van der Waals surface area contributed by atoms with E-state index in [1.807, 2.05) is 56.3 Å². The maximum Gasteiger partial charge on any atom is 0.347 e. The molecule has 0 aliphatic heterocycles. The predicted molar refractivity (Wildman–Crippen MR) is 87.8 cm³/mol. The van der Waals surface area contributed by atoms with E-state index in [4.69, 9.17) is 9.47 Å². The Hall–Kier alpha value is -2.29. The summed E-state index contributed by atoms with van der Waals surface area (Å²) in [7, 11) is 0. The lowest BCUT2D eigenvalue weighted by Gasteiger charge is -2.17. The van der Waals surface area contributed by atoms with E-state index in [0.29, 0.717) is 5.75 Å². The van der Waals surface area contributed by atoms with Crippen LogP contribution >= 0.6 is 0 Å². The van der Waals surface area contributed by atoms with Crippen molar-refractivity contribution >= 4 is 5.97 Å². The Morgan fingerprint density at radius 3 is 2.14 bits per heavy atom. The van der Waals surface area contributed by atoms with Gasteiger partial charge in [0.2, 0.25) is 0 Å². The second-order valence-electron chi connectivity index (χ2n) is 5.31. The van der Waals surface area contributed by atoms with Crippen LogP contribution < -0.4 is 4.74 Å². The molecule has 0 radical (unpaired) electrons. The van der Waals surface area contributed by atoms with Gasteiger partial charge in [0.05, 0.1) is 6.10 Å². The fourth-order valence-corrected chi connectivity index (χ4v) is 1.99. The van der Waals surface area contributed by atoms with E-state index in [2.05, 4.69) is 12.1 Å². The predicted octanol–water partition coefficient (Wildman–Crippen LogP) is 4.46. The Bertz CT molecular complexity index is 590. The SMILES string of the molecule is CC[C@H](C)OC(=O)[C@@H](C)Oc1ccc(-c2ccccc2)cc1. The molecule has 0 N–H and O–H groups in total. The van der Waals surface area contributed by atoms with Gasteiger partial charge < -0.3 is 9.47 Å². The molecule has 2 aromatic carbocycles. The van der Waals surface area contributed by atoms with Crippen LogP contribution in [0.5, 0.6) is 5.75 Å². The highest BCUT2D eigenvalue weighted by atomic mass is 16.6. The number of hydrogen-bond acceptors (Lipinski definition) is 3. The lowest BCUT2D eigenvalue weighted by Crippen LogP contribution is -2.29. The van der Waals surface area contributed by atoms with Crippen molar-refractivity contribution in [3.8, 4) is 16.9 Å². The normalized spacial score (nSPS) is 13.2. The molecule has 0 aromatic heterocycles. The van der Waals surface area contributed by atoms with Gasteiger partial charge in [-0.25, -0.2) is 4.79 Å². The largest absolute Gasteiger partial charge is 0.479 e. The van der Waals surface area contributed by atoms with Gasteiger partial charge in [-0.1, -0.05) is 49.4 Å². The van der Waals surface area contributed by atoms with Crippen molar-refractivity contribution in [2.75, 3.05) is 0 Å². The molecule has 0 amide bonds. The fourth-order valence-electron chi connectivity index (χ4n) is 1.99. The zero-order valence-electron chi connectivity index (χ0n) is 13.3. The number of esters is 1. The minimum absolute atomic E-state index is 0.0843. The molecule has 0 heterocycles. The average molecular weight is 298 g/mol. The van der Waals surface area contributed by atoms with Gasteiger partial charge >= 0.3 is 5.97 Å². The first-order valence-electron chi connectivity index (χ1n) is 7.62. The number of benzene rings is 2. The Labute approximate surface area is 131 Å². The van der Waals surface area contributed by atoms with Crippen molar-refractivity contribution in [2.45, 2.75) is 39.4 Å². The van der Waals surface area contributed by atoms with E-state index in [9.17, 15) is 4.79 Å². The lowest BCUT2D eigenvalue weighted by atomic mass is 10.1. The van der Waals surface area contributed by atoms with E-state index in [-0.39, 0.29) is 12.1 Å². The minimum Gasteiger partial charge on any atom is -0.479 e. The molecule has 3 nitrogen and oxygen atoms in total. The van der Waals surface area contributed by atoms with Gasteiger partial charge in [0, 0.05) is 0 Å². The van der Waals surface area contributed by atoms with Gasteiger partial charge in [0.25, 0.3) is 0 Å². The molecule has 2 atom stereocenters. The molecule has 0 bridgehead atoms. The molecule has 2 rings (SSSR count). The number of hydrogen-bond donors (Lipinski definition) is 0. The summed E-state index contributed by atoms with van der Waals surface area (Å²) in [5.41, 5.74) is 2.26. The fraction of sp³-hybridized carbons (Fsp3) is 0.316. The van der Waals surface area contributed by atoms with Crippen molar-refractivity contribution < 1.29 is 14.3 Å². The summed E-state index contributed by atoms with van der Waals surface area (Å²) < 4.78 is 10.9. The molecule has 0 unspecified atom stereocenters. The second kappa shape index (κ2) is 7.64. The van der Waals surface area contributed by atoms with E-state index in [0.717, 1.165) is 17.5 Å². The van der Waals surface area contributed by atoms with Crippen molar-refractivity contribution in [3.05, 3.63) is 54.6 Å². The molecule has 0 saturated carbocycles. The van der Waals surface area contributed by atoms with E-state index in [1.54, 1.807) is 6.92 Å². The quantitative estimate of drug-likeness (QED) is 0.738. The molecule has 0 fully saturated rings. The zero-order chi connectivity index (χ0) is 15.9. The van der Waals surface area contributed by atoms with Gasteiger partial charge in [0.1, 0.15) is 5.75 Å². The summed E-state index contributed by atoms with van der Waals surface area (Å²) in [6.45, 7) is 5.56. The monoisotopic (exact) mass is 298 g/mol. The molecule has 0 aliphatic carbocycles. The highest BCUT2D eigenvalue weighted by molar-refractivity contribution is 5.75. The third-order valence-electron chi connectivity index (χ3n) is 3.50. The highest BCUT2D eigenvalue weighted by Gasteiger charge is 2.18. The lowest BCUT2D eigenvalue weighted by molar-refractivity contribution is -0.155. The Balaban J connectivity index is 1.98. The maximum atomic E-state index is 11.9. The Kier molecular flexibility index (Phi) is 5.59. The topological polar surface area (TPSA) is 35.5 Å². The molecular formula is C19H22O3. The van der Waals surface area contributed by atoms with Gasteiger partial charge in [-0.2, -0.15) is 0 Å². The molecule has 2 aromatic rings. The minimum atomic E-state index is -0.614. The smallest absolute Gasteiger partial charge is 0.347 e. The number of rotatable bonds is 6. The molecule has 0 saturated heterocycles. The van der Waals surface area contributed by atoms with E-state index < -0.39 is 6.10 Å². The summed E-state index contributed by atoms with van der Waals surface area (Å²) in [4.78, 5) is 11.9. The summed E-state index contributed by atoms with van der Waals surface area (Å²) in [6.07, 6.45) is 0.0973. The molecule has 3 heteroatoms. The molecule has 116 valence electrons. The van der Waals surface area contributed by atoms with Gasteiger partial charge in [-0.3, -0.25) is 0 Å². The van der Waals surface area contributed by atoms with Crippen molar-refractivity contribution in [2.24, 2.45) is 0 Å². The van der Waals surface area contributed by atoms with Crippen molar-refractivity contribution in [1.29, 1.82) is 0 Å². The first-order valence-corrected chi connectivity index (χ1v) is 7.62. The van der Waals surface area contributed by atoms with Crippen LogP contribution in [0, 0.1) is 0 Å². The standard InChI is InChI=1S/C19H22O3/c1-4-14(2)21-19(20)15(3)22-18-12-10-17(11-13-18)16-8-6-5-7-9-16/h5-15H,4H2,1-3H3/t14-,15+/m0/s1. The summed E-state index contributed by atoms with van der Waals surface area (Å²) in [5.74, 6) is 0.328. The van der Waals surface area contributed by atoms with Crippen molar-refractivity contribution in [3.63, 3.8) is 0 Å². The summed E-state index contributed by atoms with van der Waals surface area (Å²) >= 11 is 0. The van der Waals surface area contributed by atoms with E-state index in [1.165, 1.54) is 0 Å². The molecular weight excluding hydrogens is 276 g/mol. The summed E-state index contributed by atoms with van der Waals surface area (Å²) in [5, 5.41) is 0. The number of carbonyl (C=O) groups excluding carboxylic acids is 1. The van der Waals surface area contributed by atoms with Crippen LogP contribution in [-0.2, 0) is 9.53 Å². The first-order chi connectivity index (χ1) is 10.6.